The van der Waals surface area contributed by atoms with E-state index in [9.17, 15) is 0 Å². The van der Waals surface area contributed by atoms with Crippen molar-refractivity contribution < 1.29 is 0 Å². The first-order valence-corrected chi connectivity index (χ1v) is 5.75. The van der Waals surface area contributed by atoms with E-state index in [1.807, 2.05) is 0 Å². The van der Waals surface area contributed by atoms with Gasteiger partial charge in [-0.3, -0.25) is 0 Å². The number of hydrogen-bond acceptors (Lipinski definition) is 0. The molecule has 10 heavy (non-hydrogen) atoms. The second-order valence-electron chi connectivity index (χ2n) is 3.58. The molecule has 0 N–H and O–H groups in total. The zero-order chi connectivity index (χ0) is 7.98. The summed E-state index contributed by atoms with van der Waals surface area (Å²) in [5, 5.41) is 0. The molecule has 0 rings (SSSR count). The van der Waals surface area contributed by atoms with Gasteiger partial charge in [-0.15, -0.1) is 0 Å². The molecule has 0 aromatic rings. The topological polar surface area (TPSA) is 0 Å². The summed E-state index contributed by atoms with van der Waals surface area (Å²) in [5.41, 5.74) is 0. The van der Waals surface area contributed by atoms with E-state index in [0.717, 1.165) is 11.8 Å². The number of rotatable bonds is 5. The minimum atomic E-state index is 0.890. The summed E-state index contributed by atoms with van der Waals surface area (Å²) in [6.45, 7) is 6.94. The largest absolute Gasteiger partial charge is 0.0861 e. The molecule has 0 aromatic carbocycles. The molecule has 0 saturated carbocycles. The Labute approximate surface area is 78.9 Å². The molecule has 0 nitrogen and oxygen atoms in total. The normalized spacial score (nSPS) is 14.1. The monoisotopic (exact) mass is 254 g/mol. The molecular weight excluding hydrogens is 235 g/mol. The summed E-state index contributed by atoms with van der Waals surface area (Å²) in [7, 11) is 0. The lowest BCUT2D eigenvalue weighted by Gasteiger charge is -2.07. The molecule has 0 amide bonds. The Morgan fingerprint density at radius 1 is 1.10 bits per heavy atom. The second-order valence-corrected chi connectivity index (χ2v) is 4.47. The highest BCUT2D eigenvalue weighted by Gasteiger charge is 1.99. The third-order valence-electron chi connectivity index (χ3n) is 1.74. The molecule has 0 aliphatic carbocycles. The third kappa shape index (κ3) is 6.84. The summed E-state index contributed by atoms with van der Waals surface area (Å²) in [5.74, 6) is 1.82. The first-order chi connectivity index (χ1) is 4.66. The van der Waals surface area contributed by atoms with Crippen LogP contribution in [-0.2, 0) is 0 Å². The van der Waals surface area contributed by atoms with Crippen LogP contribution in [-0.4, -0.2) is 4.43 Å². The minimum absolute atomic E-state index is 0.890. The van der Waals surface area contributed by atoms with E-state index in [2.05, 4.69) is 43.4 Å². The second kappa shape index (κ2) is 6.44. The van der Waals surface area contributed by atoms with Crippen molar-refractivity contribution >= 4 is 22.6 Å². The molecule has 1 heteroatoms. The lowest BCUT2D eigenvalue weighted by molar-refractivity contribution is 0.487. The van der Waals surface area contributed by atoms with Gasteiger partial charge in [-0.1, -0.05) is 56.2 Å². The van der Waals surface area contributed by atoms with Gasteiger partial charge in [-0.25, -0.2) is 0 Å². The minimum Gasteiger partial charge on any atom is -0.0861 e. The van der Waals surface area contributed by atoms with Gasteiger partial charge in [0.25, 0.3) is 0 Å². The SMILES string of the molecule is CC(C)CCCC(C)CI. The maximum Gasteiger partial charge on any atom is 0.00210 e. The molecule has 0 aliphatic rings. The molecular formula is C9H19I. The van der Waals surface area contributed by atoms with Crippen LogP contribution in [0.15, 0.2) is 0 Å². The highest BCUT2D eigenvalue weighted by atomic mass is 127. The highest BCUT2D eigenvalue weighted by molar-refractivity contribution is 14.1. The Balaban J connectivity index is 3.03. The zero-order valence-electron chi connectivity index (χ0n) is 7.36. The van der Waals surface area contributed by atoms with Crippen LogP contribution in [0.4, 0.5) is 0 Å². The fourth-order valence-corrected chi connectivity index (χ4v) is 1.39. The number of alkyl halides is 1. The van der Waals surface area contributed by atoms with Crippen molar-refractivity contribution in [2.24, 2.45) is 11.8 Å². The van der Waals surface area contributed by atoms with Gasteiger partial charge in [-0.05, 0) is 18.3 Å². The molecule has 1 unspecified atom stereocenters. The zero-order valence-corrected chi connectivity index (χ0v) is 9.52. The van der Waals surface area contributed by atoms with Gasteiger partial charge in [-0.2, -0.15) is 0 Å². The molecule has 0 radical (unpaired) electrons. The Hall–Kier alpha value is 0.730. The molecule has 0 aliphatic heterocycles. The van der Waals surface area contributed by atoms with Crippen LogP contribution in [0.25, 0.3) is 0 Å². The first-order valence-electron chi connectivity index (χ1n) is 4.22. The van der Waals surface area contributed by atoms with Gasteiger partial charge < -0.3 is 0 Å². The van der Waals surface area contributed by atoms with E-state index in [1.54, 1.807) is 0 Å². The van der Waals surface area contributed by atoms with Gasteiger partial charge in [0.15, 0.2) is 0 Å². The van der Waals surface area contributed by atoms with Crippen molar-refractivity contribution in [1.29, 1.82) is 0 Å². The maximum absolute atomic E-state index is 2.47. The van der Waals surface area contributed by atoms with Gasteiger partial charge in [0, 0.05) is 4.43 Å². The summed E-state index contributed by atoms with van der Waals surface area (Å²) in [6, 6.07) is 0. The molecule has 1 atom stereocenters. The predicted molar refractivity (Wildman–Crippen MR) is 56.7 cm³/mol. The van der Waals surface area contributed by atoms with Crippen molar-refractivity contribution in [3.05, 3.63) is 0 Å². The van der Waals surface area contributed by atoms with Crippen molar-refractivity contribution in [3.8, 4) is 0 Å². The Bertz CT molecular complexity index is 69.1. The van der Waals surface area contributed by atoms with Crippen LogP contribution in [0.2, 0.25) is 0 Å². The van der Waals surface area contributed by atoms with Crippen LogP contribution in [0.5, 0.6) is 0 Å². The van der Waals surface area contributed by atoms with Crippen molar-refractivity contribution in [3.63, 3.8) is 0 Å². The van der Waals surface area contributed by atoms with Gasteiger partial charge >= 0.3 is 0 Å². The third-order valence-corrected chi connectivity index (χ3v) is 3.25. The van der Waals surface area contributed by atoms with Crippen LogP contribution < -0.4 is 0 Å². The lowest BCUT2D eigenvalue weighted by Crippen LogP contribution is -1.96. The average molecular weight is 254 g/mol. The summed E-state index contributed by atoms with van der Waals surface area (Å²) >= 11 is 2.47. The lowest BCUT2D eigenvalue weighted by atomic mass is 10.0. The van der Waals surface area contributed by atoms with E-state index in [0.29, 0.717) is 0 Å². The molecule has 62 valence electrons. The van der Waals surface area contributed by atoms with Gasteiger partial charge in [0.2, 0.25) is 0 Å². The first kappa shape index (κ1) is 10.7. The average Bonchev–Trinajstić information content (AvgIpc) is 1.87. The Morgan fingerprint density at radius 2 is 1.70 bits per heavy atom. The smallest absolute Gasteiger partial charge is 0.00210 e. The van der Waals surface area contributed by atoms with Crippen LogP contribution in [0, 0.1) is 11.8 Å². The van der Waals surface area contributed by atoms with Crippen molar-refractivity contribution in [2.45, 2.75) is 40.0 Å². The fraction of sp³-hybridized carbons (Fsp3) is 1.00. The summed E-state index contributed by atoms with van der Waals surface area (Å²) in [4.78, 5) is 0. The van der Waals surface area contributed by atoms with Crippen LogP contribution >= 0.6 is 22.6 Å². The van der Waals surface area contributed by atoms with Crippen LogP contribution in [0.3, 0.4) is 0 Å². The quantitative estimate of drug-likeness (QED) is 0.516. The summed E-state index contributed by atoms with van der Waals surface area (Å²) in [6.07, 6.45) is 4.24. The predicted octanol–water partition coefficient (Wildman–Crippen LogP) is 3.88. The maximum atomic E-state index is 2.47. The fourth-order valence-electron chi connectivity index (χ4n) is 0.952. The standard InChI is InChI=1S/C9H19I/c1-8(2)5-4-6-9(3)7-10/h8-9H,4-7H2,1-3H3. The van der Waals surface area contributed by atoms with E-state index in [1.165, 1.54) is 23.7 Å². The molecule has 0 heterocycles. The number of hydrogen-bond donors (Lipinski definition) is 0. The molecule has 0 spiro atoms. The van der Waals surface area contributed by atoms with E-state index < -0.39 is 0 Å². The molecule has 0 fully saturated rings. The van der Waals surface area contributed by atoms with Gasteiger partial charge in [0.05, 0.1) is 0 Å². The van der Waals surface area contributed by atoms with Crippen molar-refractivity contribution in [1.82, 2.24) is 0 Å². The van der Waals surface area contributed by atoms with Crippen molar-refractivity contribution in [2.75, 3.05) is 4.43 Å². The van der Waals surface area contributed by atoms with E-state index in [-0.39, 0.29) is 0 Å². The Morgan fingerprint density at radius 3 is 2.10 bits per heavy atom. The molecule has 0 bridgehead atoms. The van der Waals surface area contributed by atoms with E-state index >= 15 is 0 Å². The molecule has 0 aromatic heterocycles. The Kier molecular flexibility index (Phi) is 6.91. The van der Waals surface area contributed by atoms with Gasteiger partial charge in [0.1, 0.15) is 0 Å². The molecule has 0 saturated heterocycles. The van der Waals surface area contributed by atoms with E-state index in [4.69, 9.17) is 0 Å². The summed E-state index contributed by atoms with van der Waals surface area (Å²) < 4.78 is 1.32. The van der Waals surface area contributed by atoms with Crippen LogP contribution in [0.1, 0.15) is 40.0 Å². The highest BCUT2D eigenvalue weighted by Crippen LogP contribution is 2.13. The number of halogens is 1.